The quantitative estimate of drug-likeness (QED) is 0.819. The fourth-order valence-corrected chi connectivity index (χ4v) is 3.31. The molecule has 1 N–H and O–H groups in total. The zero-order valence-electron chi connectivity index (χ0n) is 9.70. The number of Topliss-reactive ketones (excluding diaryl/α,β-unsaturated/α-hetero) is 1. The second kappa shape index (κ2) is 5.21. The van der Waals surface area contributed by atoms with Gasteiger partial charge in [0.25, 0.3) is 0 Å². The highest BCUT2D eigenvalue weighted by atomic mass is 32.2. The molecule has 0 radical (unpaired) electrons. The summed E-state index contributed by atoms with van der Waals surface area (Å²) in [6, 6.07) is 0.342. The summed E-state index contributed by atoms with van der Waals surface area (Å²) in [5, 5.41) is 3.80. The van der Waals surface area contributed by atoms with Gasteiger partial charge in [-0.25, -0.2) is 0 Å². The molecule has 16 heavy (non-hydrogen) atoms. The first-order chi connectivity index (χ1) is 7.69. The monoisotopic (exact) mass is 241 g/mol. The molecule has 0 heterocycles. The molecule has 0 bridgehead atoms. The van der Waals surface area contributed by atoms with Gasteiger partial charge in [0.1, 0.15) is 5.78 Å². The third-order valence-corrected chi connectivity index (χ3v) is 4.72. The van der Waals surface area contributed by atoms with E-state index in [0.29, 0.717) is 24.1 Å². The van der Waals surface area contributed by atoms with Crippen molar-refractivity contribution in [3.63, 3.8) is 0 Å². The van der Waals surface area contributed by atoms with E-state index in [1.54, 1.807) is 0 Å². The third kappa shape index (κ3) is 2.78. The normalized spacial score (nSPS) is 30.9. The van der Waals surface area contributed by atoms with Crippen LogP contribution < -0.4 is 5.32 Å². The molecule has 0 spiro atoms. The van der Waals surface area contributed by atoms with E-state index in [1.165, 1.54) is 12.8 Å². The Morgan fingerprint density at radius 2 is 2.12 bits per heavy atom. The first-order valence-electron chi connectivity index (χ1n) is 6.04. The Hall–Kier alpha value is -0.510. The fraction of sp³-hybridized carbons (Fsp3) is 0.833. The Morgan fingerprint density at radius 1 is 1.38 bits per heavy atom. The fourth-order valence-electron chi connectivity index (χ4n) is 2.48. The van der Waals surface area contributed by atoms with Crippen LogP contribution in [-0.4, -0.2) is 29.2 Å². The second-order valence-electron chi connectivity index (χ2n) is 4.87. The number of hydrogen-bond donors (Lipinski definition) is 1. The van der Waals surface area contributed by atoms with Crippen LogP contribution >= 0.6 is 11.8 Å². The number of rotatable bonds is 3. The van der Waals surface area contributed by atoms with Crippen LogP contribution in [0.5, 0.6) is 0 Å². The van der Waals surface area contributed by atoms with Gasteiger partial charge in [-0.05, 0) is 25.5 Å². The second-order valence-corrected chi connectivity index (χ2v) is 6.01. The molecular formula is C12H19NO2S. The molecule has 0 unspecified atom stereocenters. The Kier molecular flexibility index (Phi) is 3.90. The first kappa shape index (κ1) is 12.0. The van der Waals surface area contributed by atoms with Crippen molar-refractivity contribution >= 4 is 23.5 Å². The molecule has 2 saturated carbocycles. The zero-order valence-corrected chi connectivity index (χ0v) is 10.5. The van der Waals surface area contributed by atoms with Gasteiger partial charge in [0.15, 0.2) is 0 Å². The van der Waals surface area contributed by atoms with Gasteiger partial charge < -0.3 is 5.32 Å². The number of hydrogen-bond acceptors (Lipinski definition) is 3. The molecule has 0 saturated heterocycles. The maximum Gasteiger partial charge on any atom is 0.224 e. The highest BCUT2D eigenvalue weighted by Crippen LogP contribution is 2.28. The summed E-state index contributed by atoms with van der Waals surface area (Å²) < 4.78 is 0. The topological polar surface area (TPSA) is 46.2 Å². The average molecular weight is 241 g/mol. The molecule has 0 aliphatic heterocycles. The largest absolute Gasteiger partial charge is 0.353 e. The van der Waals surface area contributed by atoms with E-state index in [9.17, 15) is 9.59 Å². The van der Waals surface area contributed by atoms with Gasteiger partial charge in [-0.1, -0.05) is 6.42 Å². The van der Waals surface area contributed by atoms with Gasteiger partial charge in [-0.15, -0.1) is 0 Å². The molecule has 2 aliphatic rings. The highest BCUT2D eigenvalue weighted by Gasteiger charge is 2.34. The van der Waals surface area contributed by atoms with Crippen LogP contribution in [0.1, 0.15) is 38.5 Å². The molecule has 2 rings (SSSR count). The number of nitrogens with one attached hydrogen (secondary N) is 1. The minimum absolute atomic E-state index is 0.0258. The van der Waals surface area contributed by atoms with E-state index >= 15 is 0 Å². The van der Waals surface area contributed by atoms with Gasteiger partial charge in [-0.3, -0.25) is 9.59 Å². The predicted octanol–water partition coefficient (Wildman–Crippen LogP) is 1.76. The van der Waals surface area contributed by atoms with Crippen LogP contribution in [0, 0.1) is 5.92 Å². The minimum atomic E-state index is -0.0258. The van der Waals surface area contributed by atoms with Crippen molar-refractivity contribution < 1.29 is 9.59 Å². The highest BCUT2D eigenvalue weighted by molar-refractivity contribution is 7.99. The van der Waals surface area contributed by atoms with Crippen LogP contribution in [0.2, 0.25) is 0 Å². The molecule has 1 amide bonds. The lowest BCUT2D eigenvalue weighted by molar-refractivity contribution is -0.138. The zero-order chi connectivity index (χ0) is 11.5. The van der Waals surface area contributed by atoms with Gasteiger partial charge >= 0.3 is 0 Å². The lowest BCUT2D eigenvalue weighted by atomic mass is 9.83. The summed E-state index contributed by atoms with van der Waals surface area (Å²) in [4.78, 5) is 22.6. The number of carbonyl (C=O) groups excluding carboxylic acids is 2. The molecule has 0 aromatic carbocycles. The summed E-state index contributed by atoms with van der Waals surface area (Å²) in [5.74, 6) is 0.305. The average Bonchev–Trinajstić information content (AvgIpc) is 2.25. The van der Waals surface area contributed by atoms with E-state index < -0.39 is 0 Å². The number of amides is 1. The third-order valence-electron chi connectivity index (χ3n) is 3.62. The predicted molar refractivity (Wildman–Crippen MR) is 65.4 cm³/mol. The lowest BCUT2D eigenvalue weighted by Gasteiger charge is -2.31. The molecule has 0 aromatic heterocycles. The van der Waals surface area contributed by atoms with Crippen molar-refractivity contribution in [2.45, 2.75) is 49.8 Å². The van der Waals surface area contributed by atoms with E-state index in [4.69, 9.17) is 0 Å². The Balaban J connectivity index is 1.76. The van der Waals surface area contributed by atoms with Crippen molar-refractivity contribution in [3.8, 4) is 0 Å². The summed E-state index contributed by atoms with van der Waals surface area (Å²) in [5.41, 5.74) is 0. The standard InChI is InChI=1S/C12H19NO2S/c1-16-11-4-2-3-9(7-11)13-12(15)8-5-10(14)6-8/h8-9,11H,2-7H2,1H3,(H,13,15)/t9-,11+/m1/s1. The molecule has 4 heteroatoms. The molecule has 2 aliphatic carbocycles. The van der Waals surface area contributed by atoms with Crippen molar-refractivity contribution in [2.24, 2.45) is 5.92 Å². The van der Waals surface area contributed by atoms with E-state index in [0.717, 1.165) is 12.8 Å². The maximum atomic E-state index is 11.8. The lowest BCUT2D eigenvalue weighted by Crippen LogP contribution is -2.45. The SMILES string of the molecule is CS[C@H]1CCC[C@@H](NC(=O)C2CC(=O)C2)C1. The first-order valence-corrected chi connectivity index (χ1v) is 7.32. The van der Waals surface area contributed by atoms with Gasteiger partial charge in [0.2, 0.25) is 5.91 Å². The van der Waals surface area contributed by atoms with Crippen LogP contribution in [0.4, 0.5) is 0 Å². The van der Waals surface area contributed by atoms with Crippen molar-refractivity contribution in [3.05, 3.63) is 0 Å². The van der Waals surface area contributed by atoms with Crippen LogP contribution in [-0.2, 0) is 9.59 Å². The van der Waals surface area contributed by atoms with Gasteiger partial charge in [-0.2, -0.15) is 11.8 Å². The number of thioether (sulfide) groups is 1. The van der Waals surface area contributed by atoms with E-state index in [1.807, 2.05) is 11.8 Å². The smallest absolute Gasteiger partial charge is 0.224 e. The number of ketones is 1. The molecule has 2 fully saturated rings. The summed E-state index contributed by atoms with van der Waals surface area (Å²) >= 11 is 1.90. The van der Waals surface area contributed by atoms with Gasteiger partial charge in [0, 0.05) is 24.1 Å². The summed E-state index contributed by atoms with van der Waals surface area (Å²) in [6.07, 6.45) is 7.74. The molecule has 2 atom stereocenters. The van der Waals surface area contributed by atoms with Crippen LogP contribution in [0.25, 0.3) is 0 Å². The Morgan fingerprint density at radius 3 is 2.75 bits per heavy atom. The van der Waals surface area contributed by atoms with Crippen molar-refractivity contribution in [1.29, 1.82) is 0 Å². The molecule has 3 nitrogen and oxygen atoms in total. The van der Waals surface area contributed by atoms with Gasteiger partial charge in [0.05, 0.1) is 5.92 Å². The Labute approximate surface area is 101 Å². The number of carbonyl (C=O) groups is 2. The minimum Gasteiger partial charge on any atom is -0.353 e. The molecule has 0 aromatic rings. The molecular weight excluding hydrogens is 222 g/mol. The van der Waals surface area contributed by atoms with Crippen LogP contribution in [0.3, 0.4) is 0 Å². The molecule has 90 valence electrons. The maximum absolute atomic E-state index is 11.8. The van der Waals surface area contributed by atoms with Crippen molar-refractivity contribution in [1.82, 2.24) is 5.32 Å². The summed E-state index contributed by atoms with van der Waals surface area (Å²) in [6.45, 7) is 0. The Bertz CT molecular complexity index is 285. The van der Waals surface area contributed by atoms with Crippen molar-refractivity contribution in [2.75, 3.05) is 6.26 Å². The van der Waals surface area contributed by atoms with E-state index in [-0.39, 0.29) is 17.6 Å². The van der Waals surface area contributed by atoms with E-state index in [2.05, 4.69) is 11.6 Å². The van der Waals surface area contributed by atoms with Crippen LogP contribution in [0.15, 0.2) is 0 Å². The summed E-state index contributed by atoms with van der Waals surface area (Å²) in [7, 11) is 0.